The molecular formula is C22H24FN7O2. The fourth-order valence-electron chi connectivity index (χ4n) is 4.42. The number of imidazole rings is 1. The van der Waals surface area contributed by atoms with Crippen molar-refractivity contribution in [2.75, 3.05) is 12.4 Å². The second kappa shape index (κ2) is 7.47. The number of H-pyrrole nitrogens is 1. The highest BCUT2D eigenvalue weighted by molar-refractivity contribution is 5.97. The summed E-state index contributed by atoms with van der Waals surface area (Å²) in [6.45, 7) is 3.88. The average molecular weight is 437 g/mol. The van der Waals surface area contributed by atoms with E-state index >= 15 is 0 Å². The number of aromatic nitrogens is 5. The van der Waals surface area contributed by atoms with Crippen LogP contribution in [0.5, 0.6) is 5.88 Å². The minimum Gasteiger partial charge on any atom is -0.480 e. The van der Waals surface area contributed by atoms with Crippen LogP contribution >= 0.6 is 0 Å². The van der Waals surface area contributed by atoms with Gasteiger partial charge in [0.05, 0.1) is 12.5 Å². The Morgan fingerprint density at radius 3 is 2.97 bits per heavy atom. The molecule has 0 unspecified atom stereocenters. The molecule has 0 atom stereocenters. The molecule has 0 saturated heterocycles. The van der Waals surface area contributed by atoms with Crippen molar-refractivity contribution in [3.63, 3.8) is 0 Å². The van der Waals surface area contributed by atoms with Crippen molar-refractivity contribution < 1.29 is 13.9 Å². The molecule has 9 nitrogen and oxygen atoms in total. The molecule has 3 N–H and O–H groups in total. The van der Waals surface area contributed by atoms with E-state index in [2.05, 4.69) is 30.6 Å². The zero-order chi connectivity index (χ0) is 22.5. The van der Waals surface area contributed by atoms with Gasteiger partial charge in [0, 0.05) is 53.9 Å². The highest BCUT2D eigenvalue weighted by atomic mass is 19.1. The number of halogens is 1. The lowest BCUT2D eigenvalue weighted by atomic mass is 9.74. The van der Waals surface area contributed by atoms with Crippen molar-refractivity contribution in [2.45, 2.75) is 44.7 Å². The first-order valence-electron chi connectivity index (χ1n) is 10.5. The Hall–Kier alpha value is -3.69. The monoisotopic (exact) mass is 437 g/mol. The number of amides is 1. The van der Waals surface area contributed by atoms with Crippen LogP contribution in [0.4, 0.5) is 10.3 Å². The molecule has 4 aromatic heterocycles. The number of hydrogen-bond donors (Lipinski definition) is 3. The molecule has 10 heteroatoms. The Morgan fingerprint density at radius 1 is 1.41 bits per heavy atom. The fourth-order valence-corrected chi connectivity index (χ4v) is 4.42. The summed E-state index contributed by atoms with van der Waals surface area (Å²) >= 11 is 0. The number of pyridine rings is 1. The summed E-state index contributed by atoms with van der Waals surface area (Å²) in [6, 6.07) is 1.59. The summed E-state index contributed by atoms with van der Waals surface area (Å²) in [4.78, 5) is 28.0. The van der Waals surface area contributed by atoms with Crippen molar-refractivity contribution in [3.05, 3.63) is 36.7 Å². The van der Waals surface area contributed by atoms with Crippen molar-refractivity contribution >= 4 is 28.5 Å². The Labute approximate surface area is 183 Å². The van der Waals surface area contributed by atoms with Crippen LogP contribution in [0, 0.1) is 5.82 Å². The molecular weight excluding hydrogens is 413 g/mol. The molecule has 1 aliphatic rings. The summed E-state index contributed by atoms with van der Waals surface area (Å²) in [5.41, 5.74) is 2.03. The Kier molecular flexibility index (Phi) is 4.72. The first-order chi connectivity index (χ1) is 15.4. The molecule has 1 aliphatic carbocycles. The first kappa shape index (κ1) is 20.2. The maximum absolute atomic E-state index is 14.5. The summed E-state index contributed by atoms with van der Waals surface area (Å²) < 4.78 is 21.7. The van der Waals surface area contributed by atoms with E-state index < -0.39 is 5.82 Å². The van der Waals surface area contributed by atoms with E-state index in [0.29, 0.717) is 34.8 Å². The highest BCUT2D eigenvalue weighted by Crippen LogP contribution is 2.37. The second-order valence-corrected chi connectivity index (χ2v) is 8.43. The molecule has 166 valence electrons. The fraction of sp³-hybridized carbons (Fsp3) is 0.364. The predicted octanol–water partition coefficient (Wildman–Crippen LogP) is 3.28. The number of methoxy groups -OCH3 is 1. The van der Waals surface area contributed by atoms with Gasteiger partial charge in [-0.1, -0.05) is 6.92 Å². The third kappa shape index (κ3) is 3.41. The van der Waals surface area contributed by atoms with E-state index in [1.54, 1.807) is 36.3 Å². The van der Waals surface area contributed by atoms with Gasteiger partial charge in [-0.05, 0) is 25.8 Å². The van der Waals surface area contributed by atoms with Crippen molar-refractivity contribution in [1.82, 2.24) is 29.7 Å². The molecule has 4 heterocycles. The number of ether oxygens (including phenoxy) is 1. The Morgan fingerprint density at radius 2 is 2.22 bits per heavy atom. The van der Waals surface area contributed by atoms with Gasteiger partial charge in [-0.25, -0.2) is 9.37 Å². The molecule has 32 heavy (non-hydrogen) atoms. The van der Waals surface area contributed by atoms with Gasteiger partial charge >= 0.3 is 0 Å². The molecule has 0 spiro atoms. The number of carbonyl (C=O) groups is 1. The normalized spacial score (nSPS) is 20.3. The lowest BCUT2D eigenvalue weighted by Gasteiger charge is -2.45. The average Bonchev–Trinajstić information content (AvgIpc) is 3.39. The van der Waals surface area contributed by atoms with Gasteiger partial charge in [-0.15, -0.1) is 0 Å². The number of hydrogen-bond acceptors (Lipinski definition) is 6. The minimum absolute atomic E-state index is 0.0505. The molecule has 4 aromatic rings. The summed E-state index contributed by atoms with van der Waals surface area (Å²) in [5.74, 6) is 0.465. The molecule has 0 aliphatic heterocycles. The van der Waals surface area contributed by atoms with Gasteiger partial charge in [-0.3, -0.25) is 4.79 Å². The van der Waals surface area contributed by atoms with Crippen LogP contribution in [0.1, 0.15) is 33.1 Å². The largest absolute Gasteiger partial charge is 0.480 e. The number of carbonyl (C=O) groups excluding carboxylic acids is 1. The number of fused-ring (bicyclic) bond motifs is 2. The molecule has 5 rings (SSSR count). The quantitative estimate of drug-likeness (QED) is 0.427. The van der Waals surface area contributed by atoms with Crippen molar-refractivity contribution in [3.8, 4) is 17.0 Å². The van der Waals surface area contributed by atoms with Gasteiger partial charge < -0.3 is 24.8 Å². The van der Waals surface area contributed by atoms with E-state index in [-0.39, 0.29) is 23.1 Å². The Bertz CT molecular complexity index is 1320. The van der Waals surface area contributed by atoms with E-state index in [1.807, 2.05) is 13.8 Å². The van der Waals surface area contributed by atoms with Crippen LogP contribution in [0.2, 0.25) is 0 Å². The number of nitrogens with one attached hydrogen (secondary N) is 3. The topological polar surface area (TPSA) is 109 Å². The zero-order valence-corrected chi connectivity index (χ0v) is 18.1. The highest BCUT2D eigenvalue weighted by Gasteiger charge is 2.41. The number of aromatic amines is 1. The van der Waals surface area contributed by atoms with E-state index in [1.165, 1.54) is 6.07 Å². The van der Waals surface area contributed by atoms with Crippen LogP contribution in [-0.4, -0.2) is 48.9 Å². The van der Waals surface area contributed by atoms with Gasteiger partial charge in [0.15, 0.2) is 11.5 Å². The summed E-state index contributed by atoms with van der Waals surface area (Å²) in [6.07, 6.45) is 8.85. The maximum Gasteiger partial charge on any atom is 0.228 e. The molecule has 1 saturated carbocycles. The van der Waals surface area contributed by atoms with Crippen LogP contribution in [0.15, 0.2) is 30.9 Å². The SMILES string of the molecule is CCC(=O)NC1(C)CC(Nc2nc(OC)c3c(-c4cc(F)c5nccn5c4)c[nH]c3n2)C1. The van der Waals surface area contributed by atoms with Crippen LogP contribution in [0.3, 0.4) is 0 Å². The van der Waals surface area contributed by atoms with Gasteiger partial charge in [-0.2, -0.15) is 9.97 Å². The third-order valence-electron chi connectivity index (χ3n) is 5.93. The number of nitrogens with zero attached hydrogens (tertiary/aromatic N) is 4. The van der Waals surface area contributed by atoms with Gasteiger partial charge in [0.2, 0.25) is 17.7 Å². The van der Waals surface area contributed by atoms with Crippen molar-refractivity contribution in [2.24, 2.45) is 0 Å². The van der Waals surface area contributed by atoms with Crippen molar-refractivity contribution in [1.29, 1.82) is 0 Å². The third-order valence-corrected chi connectivity index (χ3v) is 5.93. The zero-order valence-electron chi connectivity index (χ0n) is 18.1. The molecule has 0 aromatic carbocycles. The lowest BCUT2D eigenvalue weighted by Crippen LogP contribution is -2.59. The van der Waals surface area contributed by atoms with E-state index in [4.69, 9.17) is 4.74 Å². The van der Waals surface area contributed by atoms with Crippen LogP contribution in [0.25, 0.3) is 27.8 Å². The number of anilines is 1. The molecule has 0 radical (unpaired) electrons. The van der Waals surface area contributed by atoms with Crippen LogP contribution in [-0.2, 0) is 4.79 Å². The standard InChI is InChI=1S/C22H24FN7O2/c1-4-16(31)29-22(2)8-13(9-22)26-21-27-18-17(20(28-21)32-3)14(10-25-18)12-7-15(23)19-24-5-6-30(19)11-12/h5-7,10-11,13H,4,8-9H2,1-3H3,(H,29,31)(H2,25,26,27,28). The smallest absolute Gasteiger partial charge is 0.228 e. The molecule has 0 bridgehead atoms. The molecule has 1 amide bonds. The minimum atomic E-state index is -0.414. The first-order valence-corrected chi connectivity index (χ1v) is 10.5. The summed E-state index contributed by atoms with van der Waals surface area (Å²) in [5, 5.41) is 7.06. The second-order valence-electron chi connectivity index (χ2n) is 8.43. The summed E-state index contributed by atoms with van der Waals surface area (Å²) in [7, 11) is 1.54. The maximum atomic E-state index is 14.5. The molecule has 1 fully saturated rings. The lowest BCUT2D eigenvalue weighted by molar-refractivity contribution is -0.123. The number of rotatable bonds is 6. The van der Waals surface area contributed by atoms with Gasteiger partial charge in [0.25, 0.3) is 0 Å². The van der Waals surface area contributed by atoms with E-state index in [9.17, 15) is 9.18 Å². The predicted molar refractivity (Wildman–Crippen MR) is 118 cm³/mol. The van der Waals surface area contributed by atoms with Gasteiger partial charge in [0.1, 0.15) is 5.65 Å². The Balaban J connectivity index is 1.43. The van der Waals surface area contributed by atoms with E-state index in [0.717, 1.165) is 18.4 Å². The van der Waals surface area contributed by atoms with Crippen LogP contribution < -0.4 is 15.4 Å².